The van der Waals surface area contributed by atoms with Gasteiger partial charge in [0.1, 0.15) is 11.9 Å². The molecule has 0 bridgehead atoms. The fourth-order valence-corrected chi connectivity index (χ4v) is 3.45. The fraction of sp³-hybridized carbons (Fsp3) is 0.474. The summed E-state index contributed by atoms with van der Waals surface area (Å²) in [6.07, 6.45) is 6.14. The van der Waals surface area contributed by atoms with Crippen molar-refractivity contribution in [3.63, 3.8) is 0 Å². The van der Waals surface area contributed by atoms with Gasteiger partial charge in [0.25, 0.3) is 0 Å². The number of hydrogen-bond donors (Lipinski definition) is 1. The van der Waals surface area contributed by atoms with Gasteiger partial charge in [0, 0.05) is 32.5 Å². The van der Waals surface area contributed by atoms with Gasteiger partial charge in [0.05, 0.1) is 17.3 Å². The van der Waals surface area contributed by atoms with Crippen molar-refractivity contribution >= 4 is 5.69 Å². The first-order valence-electron chi connectivity index (χ1n) is 8.63. The number of hydrogen-bond acceptors (Lipinski definition) is 4. The number of anilines is 1. The molecular formula is C19H25N5. The maximum atomic E-state index is 9.26. The summed E-state index contributed by atoms with van der Waals surface area (Å²) in [5, 5.41) is 12.9. The highest BCUT2D eigenvalue weighted by molar-refractivity contribution is 5.59. The van der Waals surface area contributed by atoms with Crippen molar-refractivity contribution in [1.29, 1.82) is 5.26 Å². The molecule has 2 aromatic rings. The lowest BCUT2D eigenvalue weighted by molar-refractivity contribution is 0.362. The highest BCUT2D eigenvalue weighted by Crippen LogP contribution is 2.26. The van der Waals surface area contributed by atoms with E-state index in [2.05, 4.69) is 38.8 Å². The molecule has 1 fully saturated rings. The molecule has 1 aromatic heterocycles. The average molecular weight is 323 g/mol. The van der Waals surface area contributed by atoms with Crippen LogP contribution in [0.1, 0.15) is 37.2 Å². The molecule has 5 nitrogen and oxygen atoms in total. The Morgan fingerprint density at radius 1 is 1.33 bits per heavy atom. The molecule has 1 aromatic carbocycles. The molecule has 0 radical (unpaired) electrons. The van der Waals surface area contributed by atoms with Crippen molar-refractivity contribution in [3.05, 3.63) is 48.0 Å². The summed E-state index contributed by atoms with van der Waals surface area (Å²) in [6.45, 7) is 5.21. The molecule has 3 rings (SSSR count). The Bertz CT molecular complexity index is 707. The van der Waals surface area contributed by atoms with E-state index in [4.69, 9.17) is 0 Å². The molecule has 1 saturated heterocycles. The number of para-hydroxylation sites is 1. The van der Waals surface area contributed by atoms with Gasteiger partial charge in [-0.3, -0.25) is 0 Å². The number of nitrogens with one attached hydrogen (secondary N) is 1. The lowest BCUT2D eigenvalue weighted by Gasteiger charge is -2.34. The molecule has 1 atom stereocenters. The van der Waals surface area contributed by atoms with Crippen LogP contribution in [-0.4, -0.2) is 29.2 Å². The topological polar surface area (TPSA) is 56.9 Å². The predicted molar refractivity (Wildman–Crippen MR) is 95.7 cm³/mol. The molecule has 126 valence electrons. The SMILES string of the molecule is CC(NCC1CCN(c2ccccc2C#N)CC1)c1nccn1C. The summed E-state index contributed by atoms with van der Waals surface area (Å²) < 4.78 is 2.07. The molecule has 1 unspecified atom stereocenters. The van der Waals surface area contributed by atoms with Crippen molar-refractivity contribution in [2.75, 3.05) is 24.5 Å². The van der Waals surface area contributed by atoms with Crippen LogP contribution in [0.4, 0.5) is 5.69 Å². The smallest absolute Gasteiger partial charge is 0.125 e. The highest BCUT2D eigenvalue weighted by atomic mass is 15.1. The van der Waals surface area contributed by atoms with E-state index in [-0.39, 0.29) is 6.04 Å². The maximum absolute atomic E-state index is 9.26. The number of nitrogens with zero attached hydrogens (tertiary/aromatic N) is 4. The molecule has 1 aliphatic heterocycles. The molecule has 0 aliphatic carbocycles. The normalized spacial score (nSPS) is 16.8. The van der Waals surface area contributed by atoms with Crippen molar-refractivity contribution in [3.8, 4) is 6.07 Å². The van der Waals surface area contributed by atoms with Crippen LogP contribution >= 0.6 is 0 Å². The van der Waals surface area contributed by atoms with Crippen molar-refractivity contribution in [1.82, 2.24) is 14.9 Å². The number of nitriles is 1. The number of aromatic nitrogens is 2. The van der Waals surface area contributed by atoms with Crippen LogP contribution in [0.15, 0.2) is 36.7 Å². The van der Waals surface area contributed by atoms with E-state index in [0.717, 1.165) is 49.6 Å². The lowest BCUT2D eigenvalue weighted by atomic mass is 9.95. The third-order valence-electron chi connectivity index (χ3n) is 4.94. The molecule has 1 N–H and O–H groups in total. The monoisotopic (exact) mass is 323 g/mol. The Morgan fingerprint density at radius 3 is 2.75 bits per heavy atom. The molecule has 1 aliphatic rings. The Hall–Kier alpha value is -2.32. The molecule has 0 saturated carbocycles. The van der Waals surface area contributed by atoms with E-state index >= 15 is 0 Å². The van der Waals surface area contributed by atoms with Crippen molar-refractivity contribution in [2.45, 2.75) is 25.8 Å². The van der Waals surface area contributed by atoms with E-state index in [1.165, 1.54) is 0 Å². The number of aryl methyl sites for hydroxylation is 1. The van der Waals surface area contributed by atoms with Gasteiger partial charge in [-0.1, -0.05) is 12.1 Å². The standard InChI is InChI=1S/C19H25N5/c1-15(19-21-9-12-23(19)2)22-14-16-7-10-24(11-8-16)18-6-4-3-5-17(18)13-20/h3-6,9,12,15-16,22H,7-8,10-11,14H2,1-2H3. The number of rotatable bonds is 5. The second-order valence-electron chi connectivity index (χ2n) is 6.59. The van der Waals surface area contributed by atoms with E-state index in [9.17, 15) is 5.26 Å². The summed E-state index contributed by atoms with van der Waals surface area (Å²) in [5.41, 5.74) is 1.85. The van der Waals surface area contributed by atoms with Crippen LogP contribution in [-0.2, 0) is 7.05 Å². The van der Waals surface area contributed by atoms with Crippen LogP contribution in [0.5, 0.6) is 0 Å². The summed E-state index contributed by atoms with van der Waals surface area (Å²) in [4.78, 5) is 6.76. The van der Waals surface area contributed by atoms with Gasteiger partial charge in [0.2, 0.25) is 0 Å². The van der Waals surface area contributed by atoms with E-state index in [1.54, 1.807) is 0 Å². The predicted octanol–water partition coefficient (Wildman–Crippen LogP) is 2.86. The van der Waals surface area contributed by atoms with Gasteiger partial charge in [0.15, 0.2) is 0 Å². The number of imidazole rings is 1. The second kappa shape index (κ2) is 7.50. The average Bonchev–Trinajstić information content (AvgIpc) is 3.06. The fourth-order valence-electron chi connectivity index (χ4n) is 3.45. The molecule has 0 amide bonds. The van der Waals surface area contributed by atoms with Crippen LogP contribution in [0.25, 0.3) is 0 Å². The largest absolute Gasteiger partial charge is 0.370 e. The zero-order valence-corrected chi connectivity index (χ0v) is 14.4. The Kier molecular flexibility index (Phi) is 5.17. The van der Waals surface area contributed by atoms with Gasteiger partial charge in [-0.15, -0.1) is 0 Å². The molecule has 0 spiro atoms. The van der Waals surface area contributed by atoms with Crippen molar-refractivity contribution < 1.29 is 0 Å². The summed E-state index contributed by atoms with van der Waals surface area (Å²) in [7, 11) is 2.03. The first-order valence-corrected chi connectivity index (χ1v) is 8.63. The number of piperidine rings is 1. The maximum Gasteiger partial charge on any atom is 0.125 e. The van der Waals surface area contributed by atoms with Crippen molar-refractivity contribution in [2.24, 2.45) is 13.0 Å². The Morgan fingerprint density at radius 2 is 2.08 bits per heavy atom. The third kappa shape index (κ3) is 3.60. The minimum absolute atomic E-state index is 0.266. The summed E-state index contributed by atoms with van der Waals surface area (Å²) in [5.74, 6) is 1.76. The molecule has 5 heteroatoms. The third-order valence-corrected chi connectivity index (χ3v) is 4.94. The first-order chi connectivity index (χ1) is 11.7. The van der Waals surface area contributed by atoms with Crippen LogP contribution in [0, 0.1) is 17.2 Å². The summed E-state index contributed by atoms with van der Waals surface area (Å²) >= 11 is 0. The minimum atomic E-state index is 0.266. The summed E-state index contributed by atoms with van der Waals surface area (Å²) in [6, 6.07) is 10.5. The van der Waals surface area contributed by atoms with Gasteiger partial charge in [-0.05, 0) is 44.4 Å². The molecule has 2 heterocycles. The highest BCUT2D eigenvalue weighted by Gasteiger charge is 2.21. The van der Waals surface area contributed by atoms with Gasteiger partial charge < -0.3 is 14.8 Å². The zero-order valence-electron chi connectivity index (χ0n) is 14.4. The quantitative estimate of drug-likeness (QED) is 0.919. The van der Waals surface area contributed by atoms with E-state index in [1.807, 2.05) is 37.6 Å². The molecule has 24 heavy (non-hydrogen) atoms. The lowest BCUT2D eigenvalue weighted by Crippen LogP contribution is -2.38. The number of benzene rings is 1. The van der Waals surface area contributed by atoms with Gasteiger partial charge in [-0.2, -0.15) is 5.26 Å². The second-order valence-corrected chi connectivity index (χ2v) is 6.59. The van der Waals surface area contributed by atoms with E-state index in [0.29, 0.717) is 5.92 Å². The Balaban J connectivity index is 1.51. The minimum Gasteiger partial charge on any atom is -0.370 e. The van der Waals surface area contributed by atoms with Crippen LogP contribution < -0.4 is 10.2 Å². The van der Waals surface area contributed by atoms with Crippen LogP contribution in [0.3, 0.4) is 0 Å². The van der Waals surface area contributed by atoms with E-state index < -0.39 is 0 Å². The molecular weight excluding hydrogens is 298 g/mol. The zero-order chi connectivity index (χ0) is 16.9. The Labute approximate surface area is 143 Å². The van der Waals surface area contributed by atoms with Gasteiger partial charge >= 0.3 is 0 Å². The first kappa shape index (κ1) is 16.5. The van der Waals surface area contributed by atoms with Gasteiger partial charge in [-0.25, -0.2) is 4.98 Å². The van der Waals surface area contributed by atoms with Crippen LogP contribution in [0.2, 0.25) is 0 Å².